The summed E-state index contributed by atoms with van der Waals surface area (Å²) >= 11 is 0. The van der Waals surface area contributed by atoms with Crippen molar-refractivity contribution in [3.8, 4) is 11.3 Å². The van der Waals surface area contributed by atoms with Gasteiger partial charge in [-0.3, -0.25) is 9.78 Å². The molecular formula is C19H20N4O2. The van der Waals surface area contributed by atoms with Crippen molar-refractivity contribution in [3.05, 3.63) is 47.5 Å². The largest absolute Gasteiger partial charge is 0.441 e. The molecule has 3 aromatic rings. The average Bonchev–Trinajstić information content (AvgIpc) is 3.02. The van der Waals surface area contributed by atoms with Gasteiger partial charge in [0.05, 0.1) is 11.3 Å². The maximum Gasteiger partial charge on any atom is 0.251 e. The minimum absolute atomic E-state index is 0.362. The zero-order valence-corrected chi connectivity index (χ0v) is 14.1. The molecule has 2 aromatic heterocycles. The van der Waals surface area contributed by atoms with E-state index in [1.165, 1.54) is 0 Å². The Bertz CT molecular complexity index is 927. The van der Waals surface area contributed by atoms with Crippen molar-refractivity contribution < 1.29 is 9.21 Å². The predicted molar refractivity (Wildman–Crippen MR) is 95.3 cm³/mol. The van der Waals surface area contributed by atoms with Crippen molar-refractivity contribution in [3.63, 3.8) is 0 Å². The number of aryl methyl sites for hydroxylation is 1. The van der Waals surface area contributed by atoms with E-state index in [0.717, 1.165) is 37.1 Å². The molecule has 1 amide bonds. The van der Waals surface area contributed by atoms with Gasteiger partial charge >= 0.3 is 0 Å². The molecule has 1 fully saturated rings. The van der Waals surface area contributed by atoms with E-state index < -0.39 is 5.91 Å². The molecule has 3 heterocycles. The van der Waals surface area contributed by atoms with Gasteiger partial charge in [0.2, 0.25) is 0 Å². The van der Waals surface area contributed by atoms with E-state index in [1.807, 2.05) is 24.3 Å². The molecule has 1 aliphatic heterocycles. The Labute approximate surface area is 145 Å². The van der Waals surface area contributed by atoms with E-state index in [1.54, 1.807) is 13.1 Å². The maximum atomic E-state index is 12.2. The van der Waals surface area contributed by atoms with Gasteiger partial charge in [-0.25, -0.2) is 4.98 Å². The molecule has 0 spiro atoms. The summed E-state index contributed by atoms with van der Waals surface area (Å²) in [5, 5.41) is 3.38. The second-order valence-corrected chi connectivity index (χ2v) is 6.40. The van der Waals surface area contributed by atoms with Gasteiger partial charge in [0.25, 0.3) is 5.91 Å². The Morgan fingerprint density at radius 3 is 2.80 bits per heavy atom. The molecule has 25 heavy (non-hydrogen) atoms. The van der Waals surface area contributed by atoms with Gasteiger partial charge in [0.1, 0.15) is 5.52 Å². The zero-order valence-electron chi connectivity index (χ0n) is 14.1. The minimum Gasteiger partial charge on any atom is -0.441 e. The van der Waals surface area contributed by atoms with Crippen LogP contribution in [0.2, 0.25) is 0 Å². The standard InChI is InChI=1S/C19H20N4O2/c1-11-23-17-16(19(20)24)14(15-4-2-3-7-22-15)10-13(18(17)25-11)12-5-8-21-9-6-12/h2-4,7,10,12,21H,5-6,8-9H2,1H3,(H2,20,24). The molecule has 0 bridgehead atoms. The smallest absolute Gasteiger partial charge is 0.251 e. The van der Waals surface area contributed by atoms with Gasteiger partial charge in [-0.2, -0.15) is 0 Å². The highest BCUT2D eigenvalue weighted by Gasteiger charge is 2.26. The van der Waals surface area contributed by atoms with Crippen LogP contribution in [0.15, 0.2) is 34.9 Å². The maximum absolute atomic E-state index is 12.2. The Balaban J connectivity index is 2.02. The first-order chi connectivity index (χ1) is 12.1. The number of aromatic nitrogens is 2. The zero-order chi connectivity index (χ0) is 17.4. The highest BCUT2D eigenvalue weighted by molar-refractivity contribution is 6.10. The molecule has 0 atom stereocenters. The van der Waals surface area contributed by atoms with Crippen LogP contribution in [0, 0.1) is 6.92 Å². The first kappa shape index (κ1) is 15.8. The minimum atomic E-state index is -0.518. The van der Waals surface area contributed by atoms with Crippen LogP contribution in [0.1, 0.15) is 40.6 Å². The number of rotatable bonds is 3. The van der Waals surface area contributed by atoms with E-state index in [0.29, 0.717) is 34.2 Å². The molecule has 0 unspecified atom stereocenters. The molecule has 1 aromatic carbocycles. The van der Waals surface area contributed by atoms with Crippen molar-refractivity contribution in [1.82, 2.24) is 15.3 Å². The number of nitrogens with one attached hydrogen (secondary N) is 1. The Kier molecular flexibility index (Phi) is 3.97. The quantitative estimate of drug-likeness (QED) is 0.767. The number of oxazole rings is 1. The average molecular weight is 336 g/mol. The van der Waals surface area contributed by atoms with Crippen LogP contribution in [0.5, 0.6) is 0 Å². The Morgan fingerprint density at radius 2 is 2.12 bits per heavy atom. The van der Waals surface area contributed by atoms with E-state index in [-0.39, 0.29) is 0 Å². The van der Waals surface area contributed by atoms with Crippen molar-refractivity contribution in [2.45, 2.75) is 25.7 Å². The number of fused-ring (bicyclic) bond motifs is 1. The van der Waals surface area contributed by atoms with Crippen LogP contribution in [-0.4, -0.2) is 29.0 Å². The number of nitrogens with two attached hydrogens (primary N) is 1. The normalized spacial score (nSPS) is 15.6. The van der Waals surface area contributed by atoms with E-state index in [2.05, 4.69) is 15.3 Å². The number of pyridine rings is 1. The molecular weight excluding hydrogens is 316 g/mol. The van der Waals surface area contributed by atoms with Crippen LogP contribution >= 0.6 is 0 Å². The monoisotopic (exact) mass is 336 g/mol. The fourth-order valence-electron chi connectivity index (χ4n) is 3.62. The summed E-state index contributed by atoms with van der Waals surface area (Å²) in [7, 11) is 0. The van der Waals surface area contributed by atoms with Crippen LogP contribution in [0.3, 0.4) is 0 Å². The summed E-state index contributed by atoms with van der Waals surface area (Å²) in [6.45, 7) is 3.73. The lowest BCUT2D eigenvalue weighted by molar-refractivity contribution is 0.100. The SMILES string of the molecule is Cc1nc2c(C(N)=O)c(-c3ccccn3)cc(C3CCNCC3)c2o1. The Hall–Kier alpha value is -2.73. The van der Waals surface area contributed by atoms with Crippen molar-refractivity contribution in [2.75, 3.05) is 13.1 Å². The Morgan fingerprint density at radius 1 is 1.32 bits per heavy atom. The van der Waals surface area contributed by atoms with Crippen LogP contribution in [-0.2, 0) is 0 Å². The van der Waals surface area contributed by atoms with Gasteiger partial charge in [-0.1, -0.05) is 6.07 Å². The number of carbonyl (C=O) groups excluding carboxylic acids is 1. The topological polar surface area (TPSA) is 94.0 Å². The van der Waals surface area contributed by atoms with Gasteiger partial charge < -0.3 is 15.5 Å². The van der Waals surface area contributed by atoms with Gasteiger partial charge in [-0.15, -0.1) is 0 Å². The number of carbonyl (C=O) groups is 1. The molecule has 1 saturated heterocycles. The fraction of sp³-hybridized carbons (Fsp3) is 0.316. The summed E-state index contributed by atoms with van der Waals surface area (Å²) < 4.78 is 5.87. The first-order valence-electron chi connectivity index (χ1n) is 8.51. The molecule has 0 radical (unpaired) electrons. The third-order valence-electron chi connectivity index (χ3n) is 4.77. The second kappa shape index (κ2) is 6.29. The summed E-state index contributed by atoms with van der Waals surface area (Å²) in [5.74, 6) is 0.377. The van der Waals surface area contributed by atoms with E-state index >= 15 is 0 Å². The van der Waals surface area contributed by atoms with Crippen molar-refractivity contribution in [1.29, 1.82) is 0 Å². The molecule has 4 rings (SSSR count). The highest BCUT2D eigenvalue weighted by atomic mass is 16.3. The predicted octanol–water partition coefficient (Wildman–Crippen LogP) is 2.76. The second-order valence-electron chi connectivity index (χ2n) is 6.40. The number of hydrogen-bond acceptors (Lipinski definition) is 5. The van der Waals surface area contributed by atoms with Crippen LogP contribution in [0.25, 0.3) is 22.4 Å². The number of primary amides is 1. The number of benzene rings is 1. The number of nitrogens with zero attached hydrogens (tertiary/aromatic N) is 2. The van der Waals surface area contributed by atoms with Crippen molar-refractivity contribution in [2.24, 2.45) is 5.73 Å². The summed E-state index contributed by atoms with van der Waals surface area (Å²) in [5.41, 5.74) is 9.82. The van der Waals surface area contributed by atoms with Gasteiger partial charge in [0, 0.05) is 24.2 Å². The molecule has 6 heteroatoms. The third-order valence-corrected chi connectivity index (χ3v) is 4.77. The molecule has 0 aliphatic carbocycles. The lowest BCUT2D eigenvalue weighted by Crippen LogP contribution is -2.27. The van der Waals surface area contributed by atoms with Gasteiger partial charge in [-0.05, 0) is 50.0 Å². The molecule has 128 valence electrons. The van der Waals surface area contributed by atoms with Crippen molar-refractivity contribution >= 4 is 17.0 Å². The third kappa shape index (κ3) is 2.78. The van der Waals surface area contributed by atoms with E-state index in [9.17, 15) is 4.79 Å². The first-order valence-corrected chi connectivity index (χ1v) is 8.51. The highest BCUT2D eigenvalue weighted by Crippen LogP contribution is 2.38. The van der Waals surface area contributed by atoms with E-state index in [4.69, 9.17) is 10.2 Å². The van der Waals surface area contributed by atoms with Crippen LogP contribution < -0.4 is 11.1 Å². The van der Waals surface area contributed by atoms with Gasteiger partial charge in [0.15, 0.2) is 11.5 Å². The summed E-state index contributed by atoms with van der Waals surface area (Å²) in [6, 6.07) is 7.65. The summed E-state index contributed by atoms with van der Waals surface area (Å²) in [6.07, 6.45) is 3.75. The lowest BCUT2D eigenvalue weighted by atomic mass is 9.86. The number of hydrogen-bond donors (Lipinski definition) is 2. The summed E-state index contributed by atoms with van der Waals surface area (Å²) in [4.78, 5) is 21.1. The molecule has 1 aliphatic rings. The lowest BCUT2D eigenvalue weighted by Gasteiger charge is -2.24. The molecule has 0 saturated carbocycles. The molecule has 3 N–H and O–H groups in total. The molecule has 6 nitrogen and oxygen atoms in total. The van der Waals surface area contributed by atoms with Crippen LogP contribution in [0.4, 0.5) is 0 Å². The number of amides is 1. The fourth-order valence-corrected chi connectivity index (χ4v) is 3.62. The number of piperidine rings is 1.